The van der Waals surface area contributed by atoms with Crippen molar-refractivity contribution >= 4 is 12.1 Å². The van der Waals surface area contributed by atoms with Crippen LogP contribution in [0.2, 0.25) is 0 Å². The molecule has 0 aromatic carbocycles. The molecule has 0 aromatic rings. The molecule has 2 fully saturated rings. The van der Waals surface area contributed by atoms with Crippen molar-refractivity contribution in [1.29, 1.82) is 0 Å². The van der Waals surface area contributed by atoms with Crippen molar-refractivity contribution in [2.24, 2.45) is 10.9 Å². The standard InChI is InChI=1S/C15H28N4O2/c1-15(2,3)21-14(20)19-9-12(10-19)18-13(16-4)17-8-7-11-5-6-11/h11-12H,5-10H2,1-4H3,(H2,16,17,18). The average molecular weight is 296 g/mol. The molecule has 2 rings (SSSR count). The number of guanidine groups is 1. The Morgan fingerprint density at radius 2 is 2.00 bits per heavy atom. The lowest BCUT2D eigenvalue weighted by molar-refractivity contribution is 0.00701. The van der Waals surface area contributed by atoms with Crippen LogP contribution in [0, 0.1) is 5.92 Å². The molecular weight excluding hydrogens is 268 g/mol. The van der Waals surface area contributed by atoms with Crippen molar-refractivity contribution in [3.05, 3.63) is 0 Å². The summed E-state index contributed by atoms with van der Waals surface area (Å²) < 4.78 is 5.33. The van der Waals surface area contributed by atoms with E-state index < -0.39 is 5.60 Å². The van der Waals surface area contributed by atoms with Gasteiger partial charge in [0.25, 0.3) is 0 Å². The van der Waals surface area contributed by atoms with E-state index >= 15 is 0 Å². The Balaban J connectivity index is 1.62. The molecule has 6 nitrogen and oxygen atoms in total. The Hall–Kier alpha value is -1.46. The summed E-state index contributed by atoms with van der Waals surface area (Å²) in [6, 6.07) is 0.254. The van der Waals surface area contributed by atoms with Gasteiger partial charge in [-0.2, -0.15) is 0 Å². The number of likely N-dealkylation sites (tertiary alicyclic amines) is 1. The van der Waals surface area contributed by atoms with E-state index in [0.717, 1.165) is 18.4 Å². The number of hydrogen-bond acceptors (Lipinski definition) is 3. The number of amides is 1. The van der Waals surface area contributed by atoms with Gasteiger partial charge < -0.3 is 20.3 Å². The Morgan fingerprint density at radius 1 is 1.33 bits per heavy atom. The molecule has 2 N–H and O–H groups in total. The first kappa shape index (κ1) is 15.9. The number of nitrogens with zero attached hydrogens (tertiary/aromatic N) is 2. The number of nitrogens with one attached hydrogen (secondary N) is 2. The third-order valence-corrected chi connectivity index (χ3v) is 3.64. The Labute approximate surface area is 127 Å². The van der Waals surface area contributed by atoms with Crippen LogP contribution in [0.15, 0.2) is 4.99 Å². The smallest absolute Gasteiger partial charge is 0.410 e. The predicted octanol–water partition coefficient (Wildman–Crippen LogP) is 1.57. The van der Waals surface area contributed by atoms with Crippen molar-refractivity contribution < 1.29 is 9.53 Å². The normalized spacial score (nSPS) is 20.0. The first-order chi connectivity index (χ1) is 9.87. The van der Waals surface area contributed by atoms with Gasteiger partial charge in [-0.05, 0) is 33.1 Å². The Kier molecular flexibility index (Phi) is 4.96. The second-order valence-corrected chi connectivity index (χ2v) is 6.96. The molecule has 0 unspecified atom stereocenters. The fraction of sp³-hybridized carbons (Fsp3) is 0.867. The van der Waals surface area contributed by atoms with E-state index in [1.165, 1.54) is 19.3 Å². The number of ether oxygens (including phenoxy) is 1. The van der Waals surface area contributed by atoms with Gasteiger partial charge in [-0.25, -0.2) is 4.79 Å². The minimum atomic E-state index is -0.435. The van der Waals surface area contributed by atoms with E-state index in [9.17, 15) is 4.79 Å². The number of carbonyl (C=O) groups excluding carboxylic acids is 1. The van der Waals surface area contributed by atoms with Crippen LogP contribution in [0.4, 0.5) is 4.79 Å². The van der Waals surface area contributed by atoms with Crippen molar-refractivity contribution in [3.63, 3.8) is 0 Å². The summed E-state index contributed by atoms with van der Waals surface area (Å²) >= 11 is 0. The lowest BCUT2D eigenvalue weighted by Gasteiger charge is -2.40. The molecule has 6 heteroatoms. The van der Waals surface area contributed by atoms with Crippen LogP contribution >= 0.6 is 0 Å². The summed E-state index contributed by atoms with van der Waals surface area (Å²) in [6.07, 6.45) is 3.73. The fourth-order valence-corrected chi connectivity index (χ4v) is 2.23. The lowest BCUT2D eigenvalue weighted by atomic mass is 10.1. The molecule has 0 atom stereocenters. The monoisotopic (exact) mass is 296 g/mol. The summed E-state index contributed by atoms with van der Waals surface area (Å²) in [5.41, 5.74) is -0.435. The zero-order valence-electron chi connectivity index (χ0n) is 13.6. The van der Waals surface area contributed by atoms with E-state index in [-0.39, 0.29) is 12.1 Å². The van der Waals surface area contributed by atoms with Crippen LogP contribution in [0.25, 0.3) is 0 Å². The second-order valence-electron chi connectivity index (χ2n) is 6.96. The second kappa shape index (κ2) is 6.54. The van der Waals surface area contributed by atoms with Crippen molar-refractivity contribution in [3.8, 4) is 0 Å². The van der Waals surface area contributed by atoms with E-state index in [1.54, 1.807) is 11.9 Å². The highest BCUT2D eigenvalue weighted by Crippen LogP contribution is 2.31. The maximum atomic E-state index is 11.8. The van der Waals surface area contributed by atoms with Gasteiger partial charge >= 0.3 is 6.09 Å². The lowest BCUT2D eigenvalue weighted by Crippen LogP contribution is -2.63. The number of aliphatic imine (C=N–C) groups is 1. The zero-order valence-corrected chi connectivity index (χ0v) is 13.6. The SMILES string of the molecule is CN=C(NCCC1CC1)NC1CN(C(=O)OC(C)(C)C)C1. The molecule has 2 aliphatic rings. The van der Waals surface area contributed by atoms with Gasteiger partial charge in [-0.1, -0.05) is 12.8 Å². The summed E-state index contributed by atoms with van der Waals surface area (Å²) in [4.78, 5) is 17.8. The number of hydrogen-bond donors (Lipinski definition) is 2. The molecule has 0 aromatic heterocycles. The van der Waals surface area contributed by atoms with Gasteiger partial charge in [-0.3, -0.25) is 4.99 Å². The number of rotatable bonds is 4. The molecule has 1 heterocycles. The third-order valence-electron chi connectivity index (χ3n) is 3.64. The molecule has 0 radical (unpaired) electrons. The average Bonchev–Trinajstić information content (AvgIpc) is 3.12. The Bertz CT molecular complexity index is 393. The largest absolute Gasteiger partial charge is 0.444 e. The molecule has 21 heavy (non-hydrogen) atoms. The maximum absolute atomic E-state index is 11.8. The van der Waals surface area contributed by atoms with Gasteiger partial charge in [0.2, 0.25) is 0 Å². The molecule has 1 saturated heterocycles. The molecule has 0 spiro atoms. The van der Waals surface area contributed by atoms with Crippen LogP contribution in [-0.2, 0) is 4.74 Å². The van der Waals surface area contributed by atoms with Gasteiger partial charge in [0.05, 0.1) is 6.04 Å². The van der Waals surface area contributed by atoms with Gasteiger partial charge in [0.15, 0.2) is 5.96 Å². The summed E-state index contributed by atoms with van der Waals surface area (Å²) in [5.74, 6) is 1.74. The highest BCUT2D eigenvalue weighted by Gasteiger charge is 2.34. The topological polar surface area (TPSA) is 66.0 Å². The van der Waals surface area contributed by atoms with Gasteiger partial charge in [0.1, 0.15) is 5.60 Å². The van der Waals surface area contributed by atoms with Crippen molar-refractivity contribution in [2.75, 3.05) is 26.7 Å². The molecule has 120 valence electrons. The molecule has 1 aliphatic heterocycles. The molecule has 1 amide bonds. The summed E-state index contributed by atoms with van der Waals surface area (Å²) in [6.45, 7) is 7.94. The van der Waals surface area contributed by atoms with E-state index in [1.807, 2.05) is 20.8 Å². The van der Waals surface area contributed by atoms with Crippen LogP contribution < -0.4 is 10.6 Å². The van der Waals surface area contributed by atoms with E-state index in [0.29, 0.717) is 13.1 Å². The van der Waals surface area contributed by atoms with Crippen molar-refractivity contribution in [2.45, 2.75) is 51.7 Å². The first-order valence-corrected chi connectivity index (χ1v) is 7.82. The predicted molar refractivity (Wildman–Crippen MR) is 83.4 cm³/mol. The fourth-order valence-electron chi connectivity index (χ4n) is 2.23. The van der Waals surface area contributed by atoms with E-state index in [2.05, 4.69) is 15.6 Å². The zero-order chi connectivity index (χ0) is 15.5. The highest BCUT2D eigenvalue weighted by atomic mass is 16.6. The molecule has 1 saturated carbocycles. The highest BCUT2D eigenvalue weighted by molar-refractivity contribution is 5.80. The van der Waals surface area contributed by atoms with Crippen molar-refractivity contribution in [1.82, 2.24) is 15.5 Å². The molecule has 1 aliphatic carbocycles. The first-order valence-electron chi connectivity index (χ1n) is 7.82. The molecule has 0 bridgehead atoms. The van der Waals surface area contributed by atoms with E-state index in [4.69, 9.17) is 4.74 Å². The van der Waals surface area contributed by atoms with Crippen LogP contribution in [0.1, 0.15) is 40.0 Å². The molecular formula is C15H28N4O2. The van der Waals surface area contributed by atoms with Crippen LogP contribution in [0.5, 0.6) is 0 Å². The quantitative estimate of drug-likeness (QED) is 0.610. The Morgan fingerprint density at radius 3 is 2.52 bits per heavy atom. The minimum absolute atomic E-state index is 0.239. The summed E-state index contributed by atoms with van der Waals surface area (Å²) in [5, 5.41) is 6.66. The summed E-state index contributed by atoms with van der Waals surface area (Å²) in [7, 11) is 1.77. The van der Waals surface area contributed by atoms with Crippen LogP contribution in [-0.4, -0.2) is 55.3 Å². The number of carbonyl (C=O) groups is 1. The maximum Gasteiger partial charge on any atom is 0.410 e. The third kappa shape index (κ3) is 5.44. The van der Waals surface area contributed by atoms with Crippen LogP contribution in [0.3, 0.4) is 0 Å². The van der Waals surface area contributed by atoms with Gasteiger partial charge in [-0.15, -0.1) is 0 Å². The van der Waals surface area contributed by atoms with Gasteiger partial charge in [0, 0.05) is 26.7 Å². The minimum Gasteiger partial charge on any atom is -0.444 e.